The van der Waals surface area contributed by atoms with Gasteiger partial charge in [0.2, 0.25) is 5.88 Å². The normalized spacial score (nSPS) is 10.1. The van der Waals surface area contributed by atoms with Gasteiger partial charge in [-0.3, -0.25) is 0 Å². The highest BCUT2D eigenvalue weighted by atomic mass is 16.5. The highest BCUT2D eigenvalue weighted by Crippen LogP contribution is 2.18. The predicted octanol–water partition coefficient (Wildman–Crippen LogP) is 2.71. The van der Waals surface area contributed by atoms with Gasteiger partial charge in [-0.1, -0.05) is 17.7 Å². The zero-order valence-electron chi connectivity index (χ0n) is 11.4. The van der Waals surface area contributed by atoms with Crippen molar-refractivity contribution in [1.29, 1.82) is 0 Å². The van der Waals surface area contributed by atoms with Gasteiger partial charge in [-0.15, -0.1) is 0 Å². The van der Waals surface area contributed by atoms with Crippen LogP contribution in [0.25, 0.3) is 0 Å². The Labute approximate surface area is 117 Å². The molecule has 0 radical (unpaired) electrons. The number of carboxylic acids is 1. The van der Waals surface area contributed by atoms with Crippen molar-refractivity contribution in [3.63, 3.8) is 0 Å². The summed E-state index contributed by atoms with van der Waals surface area (Å²) in [6, 6.07) is 8.95. The maximum absolute atomic E-state index is 11.2. The summed E-state index contributed by atoms with van der Waals surface area (Å²) in [5.74, 6) is -0.389. The lowest BCUT2D eigenvalue weighted by Crippen LogP contribution is -2.07. The van der Waals surface area contributed by atoms with E-state index in [0.29, 0.717) is 18.1 Å². The molecule has 2 aromatic rings. The molecule has 0 saturated heterocycles. The van der Waals surface area contributed by atoms with Gasteiger partial charge in [0, 0.05) is 24.5 Å². The first-order valence-electron chi connectivity index (χ1n) is 6.17. The third kappa shape index (κ3) is 3.26. The summed E-state index contributed by atoms with van der Waals surface area (Å²) >= 11 is 0. The summed E-state index contributed by atoms with van der Waals surface area (Å²) in [5, 5.41) is 12.3. The molecule has 1 heterocycles. The number of anilines is 1. The molecule has 104 valence electrons. The number of hydrogen-bond acceptors (Lipinski definition) is 4. The summed E-state index contributed by atoms with van der Waals surface area (Å²) in [6.07, 6.45) is 1.69. The van der Waals surface area contributed by atoms with Crippen molar-refractivity contribution in [1.82, 2.24) is 4.98 Å². The van der Waals surface area contributed by atoms with Crippen molar-refractivity contribution < 1.29 is 14.6 Å². The number of rotatable bonds is 5. The molecule has 0 atom stereocenters. The lowest BCUT2D eigenvalue weighted by molar-refractivity contribution is 0.0698. The number of methoxy groups -OCH3 is 1. The first-order chi connectivity index (χ1) is 9.60. The van der Waals surface area contributed by atoms with E-state index in [1.165, 1.54) is 0 Å². The molecule has 5 heteroatoms. The van der Waals surface area contributed by atoms with Crippen LogP contribution < -0.4 is 10.1 Å². The molecule has 5 nitrogen and oxygen atoms in total. The van der Waals surface area contributed by atoms with Crippen LogP contribution in [0.1, 0.15) is 21.5 Å². The molecule has 2 N–H and O–H groups in total. The Bertz CT molecular complexity index is 609. The average Bonchev–Trinajstić information content (AvgIpc) is 2.46. The summed E-state index contributed by atoms with van der Waals surface area (Å²) < 4.78 is 4.99. The monoisotopic (exact) mass is 272 g/mol. The van der Waals surface area contributed by atoms with E-state index < -0.39 is 5.97 Å². The lowest BCUT2D eigenvalue weighted by atomic mass is 10.1. The van der Waals surface area contributed by atoms with Gasteiger partial charge in [0.15, 0.2) is 0 Å². The standard InChI is InChI=1S/C15H16N2O3/c1-10-3-5-13(12(7-10)15(18)19)16-8-11-4-6-14(20-2)17-9-11/h3-7,9,16H,8H2,1-2H3,(H,18,19). The van der Waals surface area contributed by atoms with Gasteiger partial charge >= 0.3 is 5.97 Å². The van der Waals surface area contributed by atoms with Gasteiger partial charge in [0.25, 0.3) is 0 Å². The average molecular weight is 272 g/mol. The number of carboxylic acid groups (broad SMARTS) is 1. The molecular weight excluding hydrogens is 256 g/mol. The zero-order valence-corrected chi connectivity index (χ0v) is 11.4. The number of aryl methyl sites for hydroxylation is 1. The molecule has 0 aliphatic rings. The molecule has 2 rings (SSSR count). The van der Waals surface area contributed by atoms with Crippen LogP contribution in [-0.4, -0.2) is 23.2 Å². The smallest absolute Gasteiger partial charge is 0.337 e. The molecule has 0 aliphatic heterocycles. The highest BCUT2D eigenvalue weighted by Gasteiger charge is 2.09. The number of ether oxygens (including phenoxy) is 1. The Kier molecular flexibility index (Phi) is 4.20. The minimum Gasteiger partial charge on any atom is -0.481 e. The van der Waals surface area contributed by atoms with E-state index >= 15 is 0 Å². The van der Waals surface area contributed by atoms with Crippen LogP contribution in [0.5, 0.6) is 5.88 Å². The van der Waals surface area contributed by atoms with Crippen LogP contribution in [0.15, 0.2) is 36.5 Å². The molecule has 0 saturated carbocycles. The van der Waals surface area contributed by atoms with Crippen molar-refractivity contribution in [2.45, 2.75) is 13.5 Å². The second kappa shape index (κ2) is 6.06. The van der Waals surface area contributed by atoms with Crippen molar-refractivity contribution >= 4 is 11.7 Å². The number of hydrogen-bond donors (Lipinski definition) is 2. The number of benzene rings is 1. The minimum atomic E-state index is -0.941. The van der Waals surface area contributed by atoms with E-state index in [0.717, 1.165) is 11.1 Å². The molecule has 0 aliphatic carbocycles. The molecule has 0 bridgehead atoms. The Morgan fingerprint density at radius 3 is 2.75 bits per heavy atom. The van der Waals surface area contributed by atoms with E-state index in [-0.39, 0.29) is 5.56 Å². The van der Waals surface area contributed by atoms with E-state index in [4.69, 9.17) is 4.74 Å². The van der Waals surface area contributed by atoms with E-state index in [2.05, 4.69) is 10.3 Å². The quantitative estimate of drug-likeness (QED) is 0.875. The van der Waals surface area contributed by atoms with Crippen molar-refractivity contribution in [2.24, 2.45) is 0 Å². The molecule has 0 fully saturated rings. The zero-order chi connectivity index (χ0) is 14.5. The first kappa shape index (κ1) is 13.9. The van der Waals surface area contributed by atoms with Gasteiger partial charge in [-0.25, -0.2) is 9.78 Å². The van der Waals surface area contributed by atoms with E-state index in [1.54, 1.807) is 31.5 Å². The SMILES string of the molecule is COc1ccc(CNc2ccc(C)cc2C(=O)O)cn1. The van der Waals surface area contributed by atoms with Crippen LogP contribution in [0.2, 0.25) is 0 Å². The number of nitrogens with zero attached hydrogens (tertiary/aromatic N) is 1. The second-order valence-electron chi connectivity index (χ2n) is 4.42. The summed E-state index contributed by atoms with van der Waals surface area (Å²) in [6.45, 7) is 2.37. The van der Waals surface area contributed by atoms with Crippen LogP contribution in [0, 0.1) is 6.92 Å². The Morgan fingerprint density at radius 2 is 2.15 bits per heavy atom. The third-order valence-electron chi connectivity index (χ3n) is 2.90. The van der Waals surface area contributed by atoms with Crippen LogP contribution >= 0.6 is 0 Å². The second-order valence-corrected chi connectivity index (χ2v) is 4.42. The van der Waals surface area contributed by atoms with Crippen molar-refractivity contribution in [2.75, 3.05) is 12.4 Å². The third-order valence-corrected chi connectivity index (χ3v) is 2.90. The molecule has 0 unspecified atom stereocenters. The minimum absolute atomic E-state index is 0.270. The summed E-state index contributed by atoms with van der Waals surface area (Å²) in [5.41, 5.74) is 2.73. The molecule has 20 heavy (non-hydrogen) atoms. The highest BCUT2D eigenvalue weighted by molar-refractivity contribution is 5.94. The molecule has 0 spiro atoms. The van der Waals surface area contributed by atoms with Crippen LogP contribution in [0.4, 0.5) is 5.69 Å². The Hall–Kier alpha value is -2.56. The van der Waals surface area contributed by atoms with E-state index in [1.807, 2.05) is 19.1 Å². The predicted molar refractivity (Wildman–Crippen MR) is 76.3 cm³/mol. The van der Waals surface area contributed by atoms with Crippen LogP contribution in [0.3, 0.4) is 0 Å². The van der Waals surface area contributed by atoms with Gasteiger partial charge in [0.1, 0.15) is 0 Å². The summed E-state index contributed by atoms with van der Waals surface area (Å²) in [7, 11) is 1.56. The number of aromatic nitrogens is 1. The van der Waals surface area contributed by atoms with Gasteiger partial charge in [-0.05, 0) is 24.6 Å². The van der Waals surface area contributed by atoms with Crippen molar-refractivity contribution in [3.8, 4) is 5.88 Å². The topological polar surface area (TPSA) is 71.5 Å². The van der Waals surface area contributed by atoms with Gasteiger partial charge in [0.05, 0.1) is 12.7 Å². The van der Waals surface area contributed by atoms with E-state index in [9.17, 15) is 9.90 Å². The first-order valence-corrected chi connectivity index (χ1v) is 6.17. The lowest BCUT2D eigenvalue weighted by Gasteiger charge is -2.10. The maximum Gasteiger partial charge on any atom is 0.337 e. The van der Waals surface area contributed by atoms with Gasteiger partial charge < -0.3 is 15.2 Å². The molecule has 0 amide bonds. The number of aromatic carboxylic acids is 1. The number of carbonyl (C=O) groups is 1. The summed E-state index contributed by atoms with van der Waals surface area (Å²) in [4.78, 5) is 15.3. The fraction of sp³-hybridized carbons (Fsp3) is 0.200. The van der Waals surface area contributed by atoms with Crippen molar-refractivity contribution in [3.05, 3.63) is 53.2 Å². The largest absolute Gasteiger partial charge is 0.481 e. The Morgan fingerprint density at radius 1 is 1.35 bits per heavy atom. The van der Waals surface area contributed by atoms with Gasteiger partial charge in [-0.2, -0.15) is 0 Å². The molecule has 1 aromatic carbocycles. The van der Waals surface area contributed by atoms with Crippen LogP contribution in [-0.2, 0) is 6.54 Å². The fourth-order valence-electron chi connectivity index (χ4n) is 1.82. The maximum atomic E-state index is 11.2. The fourth-order valence-corrected chi connectivity index (χ4v) is 1.82. The molecular formula is C15H16N2O3. The number of pyridine rings is 1. The Balaban J connectivity index is 2.12. The molecule has 1 aromatic heterocycles. The number of nitrogens with one attached hydrogen (secondary N) is 1.